The van der Waals surface area contributed by atoms with Gasteiger partial charge in [-0.2, -0.15) is 0 Å². The SMILES string of the molecule is CNC(=O)C(Cc1ccccc1)N(Cc1ccc(Cl)c(Cl)c1)C(=O)COc1ccccc1C(C)(C)C. The maximum Gasteiger partial charge on any atom is 0.261 e. The Bertz CT molecular complexity index is 1190. The molecule has 0 saturated carbocycles. The van der Waals surface area contributed by atoms with Crippen LogP contribution in [0.4, 0.5) is 0 Å². The van der Waals surface area contributed by atoms with Gasteiger partial charge in [0.2, 0.25) is 5.91 Å². The van der Waals surface area contributed by atoms with Crippen LogP contribution in [0.5, 0.6) is 5.75 Å². The molecule has 0 spiro atoms. The Hall–Kier alpha value is -3.02. The Morgan fingerprint density at radius 3 is 2.22 bits per heavy atom. The van der Waals surface area contributed by atoms with Gasteiger partial charge < -0.3 is 15.0 Å². The third-order valence-corrected chi connectivity index (χ3v) is 6.64. The molecule has 190 valence electrons. The maximum atomic E-state index is 13.6. The van der Waals surface area contributed by atoms with E-state index in [-0.39, 0.29) is 30.4 Å². The molecule has 5 nitrogen and oxygen atoms in total. The molecular formula is C29H32Cl2N2O3. The topological polar surface area (TPSA) is 58.6 Å². The largest absolute Gasteiger partial charge is 0.483 e. The van der Waals surface area contributed by atoms with E-state index in [1.165, 1.54) is 0 Å². The van der Waals surface area contributed by atoms with Crippen LogP contribution in [0, 0.1) is 0 Å². The molecule has 0 bridgehead atoms. The molecule has 3 rings (SSSR count). The Morgan fingerprint density at radius 2 is 1.58 bits per heavy atom. The van der Waals surface area contributed by atoms with Gasteiger partial charge >= 0.3 is 0 Å². The van der Waals surface area contributed by atoms with E-state index >= 15 is 0 Å². The van der Waals surface area contributed by atoms with Crippen molar-refractivity contribution < 1.29 is 14.3 Å². The molecule has 1 unspecified atom stereocenters. The fourth-order valence-corrected chi connectivity index (χ4v) is 4.31. The number of carbonyl (C=O) groups excluding carboxylic acids is 2. The Labute approximate surface area is 223 Å². The van der Waals surface area contributed by atoms with Gasteiger partial charge in [0.05, 0.1) is 10.0 Å². The smallest absolute Gasteiger partial charge is 0.261 e. The number of likely N-dealkylation sites (N-methyl/N-ethyl adjacent to an activating group) is 1. The fourth-order valence-electron chi connectivity index (χ4n) is 3.99. The zero-order chi connectivity index (χ0) is 26.3. The lowest BCUT2D eigenvalue weighted by Crippen LogP contribution is -2.51. The first-order chi connectivity index (χ1) is 17.1. The zero-order valence-corrected chi connectivity index (χ0v) is 22.6. The molecule has 0 aliphatic carbocycles. The van der Waals surface area contributed by atoms with E-state index in [1.54, 1.807) is 30.1 Å². The number of hydrogen-bond acceptors (Lipinski definition) is 3. The van der Waals surface area contributed by atoms with Crippen LogP contribution in [0.3, 0.4) is 0 Å². The summed E-state index contributed by atoms with van der Waals surface area (Å²) in [6.45, 7) is 6.24. The van der Waals surface area contributed by atoms with Crippen LogP contribution in [0.15, 0.2) is 72.8 Å². The maximum absolute atomic E-state index is 13.6. The number of benzene rings is 3. The van der Waals surface area contributed by atoms with E-state index in [0.717, 1.165) is 16.7 Å². The van der Waals surface area contributed by atoms with Gasteiger partial charge in [0.1, 0.15) is 11.8 Å². The monoisotopic (exact) mass is 526 g/mol. The lowest BCUT2D eigenvalue weighted by atomic mass is 9.86. The highest BCUT2D eigenvalue weighted by atomic mass is 35.5. The molecule has 3 aromatic carbocycles. The number of halogens is 2. The molecule has 36 heavy (non-hydrogen) atoms. The highest BCUT2D eigenvalue weighted by molar-refractivity contribution is 6.42. The third-order valence-electron chi connectivity index (χ3n) is 5.90. The molecule has 0 saturated heterocycles. The number of nitrogens with zero attached hydrogens (tertiary/aromatic N) is 1. The predicted octanol–water partition coefficient (Wildman–Crippen LogP) is 6.06. The lowest BCUT2D eigenvalue weighted by Gasteiger charge is -2.31. The molecule has 3 aromatic rings. The van der Waals surface area contributed by atoms with Crippen LogP contribution in [-0.4, -0.2) is 36.4 Å². The van der Waals surface area contributed by atoms with Crippen LogP contribution in [0.1, 0.15) is 37.5 Å². The first kappa shape index (κ1) is 27.6. The van der Waals surface area contributed by atoms with E-state index in [2.05, 4.69) is 26.1 Å². The van der Waals surface area contributed by atoms with Crippen LogP contribution in [0.2, 0.25) is 10.0 Å². The van der Waals surface area contributed by atoms with Crippen LogP contribution in [0.25, 0.3) is 0 Å². The predicted molar refractivity (Wildman–Crippen MR) is 146 cm³/mol. The number of ether oxygens (including phenoxy) is 1. The lowest BCUT2D eigenvalue weighted by molar-refractivity contribution is -0.142. The van der Waals surface area contributed by atoms with E-state index in [9.17, 15) is 9.59 Å². The minimum atomic E-state index is -0.749. The van der Waals surface area contributed by atoms with E-state index in [4.69, 9.17) is 27.9 Å². The molecule has 0 radical (unpaired) electrons. The minimum absolute atomic E-state index is 0.155. The molecule has 2 amide bonds. The first-order valence-corrected chi connectivity index (χ1v) is 12.6. The second-order valence-corrected chi connectivity index (χ2v) is 10.4. The van der Waals surface area contributed by atoms with Gasteiger partial charge in [-0.15, -0.1) is 0 Å². The highest BCUT2D eigenvalue weighted by Crippen LogP contribution is 2.31. The number of hydrogen-bond donors (Lipinski definition) is 1. The highest BCUT2D eigenvalue weighted by Gasteiger charge is 2.30. The van der Waals surface area contributed by atoms with Gasteiger partial charge in [-0.05, 0) is 40.3 Å². The molecular weight excluding hydrogens is 495 g/mol. The minimum Gasteiger partial charge on any atom is -0.483 e. The Balaban J connectivity index is 1.92. The summed E-state index contributed by atoms with van der Waals surface area (Å²) in [5.74, 6) is 0.0732. The normalized spacial score (nSPS) is 12.1. The van der Waals surface area contributed by atoms with Crippen molar-refractivity contribution >= 4 is 35.0 Å². The molecule has 7 heteroatoms. The van der Waals surface area contributed by atoms with Gasteiger partial charge in [0, 0.05) is 20.0 Å². The summed E-state index contributed by atoms with van der Waals surface area (Å²) >= 11 is 12.3. The number of para-hydroxylation sites is 1. The van der Waals surface area contributed by atoms with Gasteiger partial charge in [-0.25, -0.2) is 0 Å². The van der Waals surface area contributed by atoms with Gasteiger partial charge in [0.25, 0.3) is 5.91 Å². The molecule has 0 aliphatic rings. The standard InChI is InChI=1S/C29H32Cl2N2O3/c1-29(2,3)22-12-8-9-13-26(22)36-19-27(34)33(18-21-14-15-23(30)24(31)16-21)25(28(35)32-4)17-20-10-6-5-7-11-20/h5-16,25H,17-19H2,1-4H3,(H,32,35). The number of carbonyl (C=O) groups is 2. The van der Waals surface area contributed by atoms with Gasteiger partial charge in [-0.1, -0.05) is 98.6 Å². The summed E-state index contributed by atoms with van der Waals surface area (Å²) in [7, 11) is 1.57. The fraction of sp³-hybridized carbons (Fsp3) is 0.310. The van der Waals surface area contributed by atoms with Crippen molar-refractivity contribution in [1.29, 1.82) is 0 Å². The average Bonchev–Trinajstić information content (AvgIpc) is 2.86. The van der Waals surface area contributed by atoms with E-state index in [1.807, 2.05) is 54.6 Å². The zero-order valence-electron chi connectivity index (χ0n) is 21.1. The summed E-state index contributed by atoms with van der Waals surface area (Å²) < 4.78 is 6.03. The van der Waals surface area contributed by atoms with Crippen molar-refractivity contribution in [1.82, 2.24) is 10.2 Å². The van der Waals surface area contributed by atoms with Crippen molar-refractivity contribution in [3.8, 4) is 5.75 Å². The second kappa shape index (κ2) is 12.3. The van der Waals surface area contributed by atoms with Crippen LogP contribution >= 0.6 is 23.2 Å². The number of rotatable bonds is 9. The van der Waals surface area contributed by atoms with Crippen molar-refractivity contribution in [3.63, 3.8) is 0 Å². The molecule has 0 aromatic heterocycles. The number of nitrogens with one attached hydrogen (secondary N) is 1. The number of amides is 2. The van der Waals surface area contributed by atoms with Gasteiger partial charge in [0.15, 0.2) is 6.61 Å². The van der Waals surface area contributed by atoms with E-state index < -0.39 is 6.04 Å². The average molecular weight is 527 g/mol. The van der Waals surface area contributed by atoms with Crippen LogP contribution in [-0.2, 0) is 28.0 Å². The molecule has 0 heterocycles. The third kappa shape index (κ3) is 7.25. The summed E-state index contributed by atoms with van der Waals surface area (Å²) in [6, 6.07) is 21.7. The molecule has 0 fully saturated rings. The Morgan fingerprint density at radius 1 is 0.917 bits per heavy atom. The van der Waals surface area contributed by atoms with Crippen molar-refractivity contribution in [3.05, 3.63) is 99.5 Å². The van der Waals surface area contributed by atoms with Crippen molar-refractivity contribution in [2.45, 2.75) is 45.2 Å². The van der Waals surface area contributed by atoms with Crippen molar-refractivity contribution in [2.75, 3.05) is 13.7 Å². The first-order valence-electron chi connectivity index (χ1n) is 11.8. The summed E-state index contributed by atoms with van der Waals surface area (Å²) in [5.41, 5.74) is 2.55. The summed E-state index contributed by atoms with van der Waals surface area (Å²) in [4.78, 5) is 28.2. The summed E-state index contributed by atoms with van der Waals surface area (Å²) in [6.07, 6.45) is 0.353. The van der Waals surface area contributed by atoms with Crippen molar-refractivity contribution in [2.24, 2.45) is 0 Å². The quantitative estimate of drug-likeness (QED) is 0.368. The van der Waals surface area contributed by atoms with E-state index in [0.29, 0.717) is 22.2 Å². The molecule has 0 aliphatic heterocycles. The second-order valence-electron chi connectivity index (χ2n) is 9.62. The molecule has 1 atom stereocenters. The Kier molecular flexibility index (Phi) is 9.41. The molecule has 1 N–H and O–H groups in total. The van der Waals surface area contributed by atoms with Crippen LogP contribution < -0.4 is 10.1 Å². The summed E-state index contributed by atoms with van der Waals surface area (Å²) in [5, 5.41) is 3.52. The van der Waals surface area contributed by atoms with Gasteiger partial charge in [-0.3, -0.25) is 9.59 Å².